The second-order valence-electron chi connectivity index (χ2n) is 7.54. The summed E-state index contributed by atoms with van der Waals surface area (Å²) in [6.07, 6.45) is 0.00671. The average molecular weight is 485 g/mol. The Balaban J connectivity index is 2.17. The van der Waals surface area contributed by atoms with Crippen LogP contribution in [0.25, 0.3) is 0 Å². The van der Waals surface area contributed by atoms with Gasteiger partial charge in [-0.2, -0.15) is 0 Å². The van der Waals surface area contributed by atoms with Crippen molar-refractivity contribution in [3.05, 3.63) is 38.4 Å². The van der Waals surface area contributed by atoms with Crippen molar-refractivity contribution in [2.45, 2.75) is 32.8 Å². The zero-order chi connectivity index (χ0) is 25.6. The fourth-order valence-electron chi connectivity index (χ4n) is 2.67. The molecule has 1 aromatic rings. The lowest BCUT2D eigenvalue weighted by atomic mass is 10.1. The third-order valence-electron chi connectivity index (χ3n) is 4.38. The molecule has 0 spiro atoms. The zero-order valence-electron chi connectivity index (χ0n) is 19.5. The Morgan fingerprint density at radius 3 is 2.32 bits per heavy atom. The molecule has 2 amide bonds. The minimum absolute atomic E-state index is 0.0126. The van der Waals surface area contributed by atoms with Crippen molar-refractivity contribution in [3.63, 3.8) is 0 Å². The average Bonchev–Trinajstić information content (AvgIpc) is 2.76. The molecular weight excluding hydrogens is 454 g/mol. The summed E-state index contributed by atoms with van der Waals surface area (Å²) < 4.78 is 15.9. The first kappa shape index (κ1) is 28.5. The highest BCUT2D eigenvalue weighted by atomic mass is 16.6. The summed E-state index contributed by atoms with van der Waals surface area (Å²) in [7, 11) is 0. The predicted octanol–water partition coefficient (Wildman–Crippen LogP) is 1.98. The number of hydrogen-bond donors (Lipinski definition) is 3. The van der Waals surface area contributed by atoms with Crippen molar-refractivity contribution in [2.24, 2.45) is 0 Å². The Bertz CT molecular complexity index is 848. The molecule has 0 saturated carbocycles. The van der Waals surface area contributed by atoms with Gasteiger partial charge in [0.1, 0.15) is 5.69 Å². The molecule has 190 valence electrons. The summed E-state index contributed by atoms with van der Waals surface area (Å²) >= 11 is 0. The lowest BCUT2D eigenvalue weighted by Crippen LogP contribution is -2.34. The van der Waals surface area contributed by atoms with Gasteiger partial charge in [-0.05, 0) is 26.8 Å². The van der Waals surface area contributed by atoms with Gasteiger partial charge in [0.2, 0.25) is 5.91 Å². The number of carbonyl (C=O) groups is 2. The van der Waals surface area contributed by atoms with Crippen LogP contribution in [0, 0.1) is 20.2 Å². The van der Waals surface area contributed by atoms with Gasteiger partial charge in [0.25, 0.3) is 11.4 Å². The van der Waals surface area contributed by atoms with Gasteiger partial charge >= 0.3 is 6.09 Å². The molecule has 0 fully saturated rings. The molecule has 0 atom stereocenters. The van der Waals surface area contributed by atoms with Crippen LogP contribution < -0.4 is 16.0 Å². The summed E-state index contributed by atoms with van der Waals surface area (Å²) in [6, 6.07) is 3.09. The largest absolute Gasteiger partial charge is 0.449 e. The van der Waals surface area contributed by atoms with E-state index in [4.69, 9.17) is 14.2 Å². The van der Waals surface area contributed by atoms with E-state index in [-0.39, 0.29) is 50.7 Å². The van der Waals surface area contributed by atoms with E-state index in [1.807, 2.05) is 20.8 Å². The molecule has 0 aliphatic heterocycles. The minimum atomic E-state index is -0.771. The van der Waals surface area contributed by atoms with Gasteiger partial charge in [-0.25, -0.2) is 4.79 Å². The molecule has 0 aliphatic carbocycles. The van der Waals surface area contributed by atoms with E-state index in [9.17, 15) is 29.8 Å². The second-order valence-corrected chi connectivity index (χ2v) is 7.54. The number of rotatable bonds is 16. The number of non-ortho nitro benzene ring substituents is 1. The van der Waals surface area contributed by atoms with E-state index in [0.717, 1.165) is 12.1 Å². The molecular formula is C20H31N5O9. The Hall–Kier alpha value is -3.52. The Labute approximate surface area is 196 Å². The van der Waals surface area contributed by atoms with Gasteiger partial charge in [-0.1, -0.05) is 0 Å². The van der Waals surface area contributed by atoms with Crippen molar-refractivity contribution in [1.82, 2.24) is 10.6 Å². The highest BCUT2D eigenvalue weighted by molar-refractivity contribution is 5.81. The summed E-state index contributed by atoms with van der Waals surface area (Å²) in [6.45, 7) is 7.07. The molecule has 0 heterocycles. The molecule has 1 aromatic carbocycles. The molecule has 34 heavy (non-hydrogen) atoms. The molecule has 0 unspecified atom stereocenters. The quantitative estimate of drug-likeness (QED) is 0.178. The summed E-state index contributed by atoms with van der Waals surface area (Å²) in [5.41, 5.74) is -1.31. The molecule has 0 aromatic heterocycles. The van der Waals surface area contributed by atoms with Crippen LogP contribution in [0.15, 0.2) is 18.2 Å². The van der Waals surface area contributed by atoms with Crippen LogP contribution >= 0.6 is 0 Å². The molecule has 14 nitrogen and oxygen atoms in total. The highest BCUT2D eigenvalue weighted by Crippen LogP contribution is 2.28. The summed E-state index contributed by atoms with van der Waals surface area (Å²) in [5.74, 6) is -0.451. The standard InChI is InChI=1S/C20H31N5O9/c1-4-34-20(2,3)7-10-33-19(27)22-9-12-32-11-8-21-18(26)14-23-16-6-5-15(24(28)29)13-17(16)25(30)31/h5-6,13,23H,4,7-12,14H2,1-3H3,(H,21,26)(H,22,27). The Morgan fingerprint density at radius 2 is 1.71 bits per heavy atom. The number of nitro benzene ring substituents is 2. The van der Waals surface area contributed by atoms with E-state index < -0.39 is 33.2 Å². The van der Waals surface area contributed by atoms with Crippen LogP contribution in [0.5, 0.6) is 0 Å². The molecule has 1 rings (SSSR count). The highest BCUT2D eigenvalue weighted by Gasteiger charge is 2.20. The van der Waals surface area contributed by atoms with E-state index in [0.29, 0.717) is 13.0 Å². The van der Waals surface area contributed by atoms with Gasteiger partial charge in [0, 0.05) is 32.2 Å². The van der Waals surface area contributed by atoms with E-state index in [1.54, 1.807) is 0 Å². The van der Waals surface area contributed by atoms with E-state index in [1.165, 1.54) is 6.07 Å². The lowest BCUT2D eigenvalue weighted by molar-refractivity contribution is -0.393. The van der Waals surface area contributed by atoms with Crippen molar-refractivity contribution in [1.29, 1.82) is 0 Å². The molecule has 3 N–H and O–H groups in total. The van der Waals surface area contributed by atoms with Gasteiger partial charge in [-0.3, -0.25) is 25.0 Å². The maximum absolute atomic E-state index is 11.9. The fourth-order valence-corrected chi connectivity index (χ4v) is 2.67. The first-order valence-electron chi connectivity index (χ1n) is 10.6. The number of nitro groups is 2. The number of nitrogens with one attached hydrogen (secondary N) is 3. The van der Waals surface area contributed by atoms with Gasteiger partial charge in [0.05, 0.1) is 47.9 Å². The first-order chi connectivity index (χ1) is 16.1. The van der Waals surface area contributed by atoms with Gasteiger partial charge in [0.15, 0.2) is 0 Å². The van der Waals surface area contributed by atoms with Crippen LogP contribution in [0.3, 0.4) is 0 Å². The molecule has 14 heteroatoms. The second kappa shape index (κ2) is 14.6. The van der Waals surface area contributed by atoms with Crippen molar-refractivity contribution >= 4 is 29.1 Å². The van der Waals surface area contributed by atoms with Crippen molar-refractivity contribution in [2.75, 3.05) is 51.4 Å². The molecule has 0 radical (unpaired) electrons. The number of hydrogen-bond acceptors (Lipinski definition) is 10. The zero-order valence-corrected chi connectivity index (χ0v) is 19.5. The third kappa shape index (κ3) is 11.4. The lowest BCUT2D eigenvalue weighted by Gasteiger charge is -2.24. The SMILES string of the molecule is CCOC(C)(C)CCOC(=O)NCCOCCNC(=O)CNc1ccc([N+](=O)[O-])cc1[N+](=O)[O-]. The van der Waals surface area contributed by atoms with E-state index >= 15 is 0 Å². The number of ether oxygens (including phenoxy) is 3. The van der Waals surface area contributed by atoms with Crippen molar-refractivity contribution < 1.29 is 33.6 Å². The summed E-state index contributed by atoms with van der Waals surface area (Å²) in [4.78, 5) is 43.8. The van der Waals surface area contributed by atoms with Crippen LogP contribution in [0.4, 0.5) is 21.9 Å². The van der Waals surface area contributed by atoms with Crippen molar-refractivity contribution in [3.8, 4) is 0 Å². The van der Waals surface area contributed by atoms with Crippen LogP contribution in [-0.2, 0) is 19.0 Å². The number of benzene rings is 1. The fraction of sp³-hybridized carbons (Fsp3) is 0.600. The molecule has 0 bridgehead atoms. The molecule has 0 aliphatic rings. The Morgan fingerprint density at radius 1 is 1.03 bits per heavy atom. The van der Waals surface area contributed by atoms with Crippen LogP contribution in [-0.4, -0.2) is 73.5 Å². The topological polar surface area (TPSA) is 184 Å². The molecule has 0 saturated heterocycles. The maximum atomic E-state index is 11.9. The van der Waals surface area contributed by atoms with Gasteiger partial charge in [-0.15, -0.1) is 0 Å². The van der Waals surface area contributed by atoms with Crippen LogP contribution in [0.2, 0.25) is 0 Å². The normalized spacial score (nSPS) is 10.9. The number of carbonyl (C=O) groups excluding carboxylic acids is 2. The third-order valence-corrected chi connectivity index (χ3v) is 4.38. The number of amides is 2. The van der Waals surface area contributed by atoms with E-state index in [2.05, 4.69) is 16.0 Å². The smallest absolute Gasteiger partial charge is 0.407 e. The monoisotopic (exact) mass is 485 g/mol. The number of nitrogens with zero attached hydrogens (tertiary/aromatic N) is 2. The maximum Gasteiger partial charge on any atom is 0.407 e. The number of alkyl carbamates (subject to hydrolysis) is 1. The summed E-state index contributed by atoms with van der Waals surface area (Å²) in [5, 5.41) is 29.5. The van der Waals surface area contributed by atoms with Gasteiger partial charge < -0.3 is 30.2 Å². The van der Waals surface area contributed by atoms with Crippen LogP contribution in [0.1, 0.15) is 27.2 Å². The first-order valence-corrected chi connectivity index (χ1v) is 10.6. The minimum Gasteiger partial charge on any atom is -0.449 e. The Kier molecular flexibility index (Phi) is 12.2. The number of anilines is 1. The predicted molar refractivity (Wildman–Crippen MR) is 122 cm³/mol.